The molecule has 1 unspecified atom stereocenters. The Morgan fingerprint density at radius 2 is 2.06 bits per heavy atom. The van der Waals surface area contributed by atoms with Crippen molar-refractivity contribution < 1.29 is 19.4 Å². The first-order chi connectivity index (χ1) is 8.10. The van der Waals surface area contributed by atoms with Crippen LogP contribution in [0.4, 0.5) is 0 Å². The van der Waals surface area contributed by atoms with Gasteiger partial charge in [0.25, 0.3) is 0 Å². The van der Waals surface area contributed by atoms with E-state index in [2.05, 4.69) is 4.74 Å². The fraction of sp³-hybridized carbons (Fsp3) is 0.462. The molecule has 2 atom stereocenters. The molecule has 0 radical (unpaired) electrons. The Labute approximate surface area is 101 Å². The Morgan fingerprint density at radius 3 is 2.65 bits per heavy atom. The molecule has 0 heterocycles. The van der Waals surface area contributed by atoms with E-state index >= 15 is 0 Å². The summed E-state index contributed by atoms with van der Waals surface area (Å²) in [4.78, 5) is 11.3. The number of rotatable bonds is 5. The Morgan fingerprint density at radius 1 is 1.41 bits per heavy atom. The lowest BCUT2D eigenvalue weighted by Gasteiger charge is -2.17. The molecular formula is C13H18O4. The largest absolute Gasteiger partial charge is 0.479 e. The molecule has 0 saturated carbocycles. The van der Waals surface area contributed by atoms with Gasteiger partial charge in [-0.05, 0) is 19.4 Å². The molecule has 0 aliphatic rings. The fourth-order valence-electron chi connectivity index (χ4n) is 1.49. The predicted octanol–water partition coefficient (Wildman–Crippen LogP) is 2.07. The quantitative estimate of drug-likeness (QED) is 0.798. The van der Waals surface area contributed by atoms with Gasteiger partial charge in [-0.15, -0.1) is 0 Å². The van der Waals surface area contributed by atoms with Crippen LogP contribution < -0.4 is 4.74 Å². The number of hydrogen-bond donors (Lipinski definition) is 1. The van der Waals surface area contributed by atoms with Crippen LogP contribution in [0.15, 0.2) is 24.3 Å². The van der Waals surface area contributed by atoms with Gasteiger partial charge in [-0.25, -0.2) is 4.79 Å². The van der Waals surface area contributed by atoms with E-state index in [9.17, 15) is 9.90 Å². The van der Waals surface area contributed by atoms with Gasteiger partial charge in [0, 0.05) is 5.56 Å². The van der Waals surface area contributed by atoms with Gasteiger partial charge in [0.2, 0.25) is 0 Å². The molecule has 1 aromatic carbocycles. The summed E-state index contributed by atoms with van der Waals surface area (Å²) in [5, 5.41) is 9.82. The summed E-state index contributed by atoms with van der Waals surface area (Å²) in [6, 6.07) is 7.14. The first-order valence-electron chi connectivity index (χ1n) is 5.61. The number of esters is 1. The summed E-state index contributed by atoms with van der Waals surface area (Å²) in [5.41, 5.74) is 0.686. The number of carbonyl (C=O) groups excluding carboxylic acids is 1. The van der Waals surface area contributed by atoms with Crippen molar-refractivity contribution in [2.45, 2.75) is 32.5 Å². The Balaban J connectivity index is 2.87. The molecule has 0 amide bonds. The van der Waals surface area contributed by atoms with E-state index < -0.39 is 18.2 Å². The molecule has 1 aromatic rings. The van der Waals surface area contributed by atoms with E-state index in [1.165, 1.54) is 7.11 Å². The van der Waals surface area contributed by atoms with E-state index in [0.29, 0.717) is 17.7 Å². The van der Waals surface area contributed by atoms with Crippen molar-refractivity contribution in [3.05, 3.63) is 29.8 Å². The van der Waals surface area contributed by atoms with E-state index in [1.807, 2.05) is 13.0 Å². The zero-order valence-electron chi connectivity index (χ0n) is 10.3. The lowest BCUT2D eigenvalue weighted by atomic mass is 10.1. The van der Waals surface area contributed by atoms with Crippen LogP contribution in [0.1, 0.15) is 31.9 Å². The lowest BCUT2D eigenvalue weighted by Crippen LogP contribution is -2.25. The summed E-state index contributed by atoms with van der Waals surface area (Å²) >= 11 is 0. The first-order valence-corrected chi connectivity index (χ1v) is 5.61. The van der Waals surface area contributed by atoms with Crippen molar-refractivity contribution in [3.8, 4) is 5.75 Å². The average Bonchev–Trinajstić information content (AvgIpc) is 2.37. The highest BCUT2D eigenvalue weighted by Gasteiger charge is 2.18. The number of aliphatic hydroxyl groups is 1. The predicted molar refractivity (Wildman–Crippen MR) is 63.8 cm³/mol. The summed E-state index contributed by atoms with van der Waals surface area (Å²) in [6.07, 6.45) is -0.686. The van der Waals surface area contributed by atoms with Crippen molar-refractivity contribution in [2.75, 3.05) is 7.11 Å². The van der Waals surface area contributed by atoms with Gasteiger partial charge in [0.1, 0.15) is 5.75 Å². The molecule has 4 nitrogen and oxygen atoms in total. The number of aliphatic hydroxyl groups excluding tert-OH is 1. The van der Waals surface area contributed by atoms with Gasteiger partial charge >= 0.3 is 5.97 Å². The van der Waals surface area contributed by atoms with Gasteiger partial charge in [-0.1, -0.05) is 25.1 Å². The topological polar surface area (TPSA) is 55.8 Å². The number of methoxy groups -OCH3 is 1. The van der Waals surface area contributed by atoms with Gasteiger partial charge in [0.05, 0.1) is 13.2 Å². The molecule has 0 bridgehead atoms. The molecule has 0 aliphatic carbocycles. The zero-order chi connectivity index (χ0) is 12.8. The van der Waals surface area contributed by atoms with Crippen molar-refractivity contribution in [1.29, 1.82) is 0 Å². The van der Waals surface area contributed by atoms with Gasteiger partial charge < -0.3 is 14.6 Å². The summed E-state index contributed by atoms with van der Waals surface area (Å²) in [5.74, 6) is 0.0746. The summed E-state index contributed by atoms with van der Waals surface area (Å²) in [7, 11) is 1.31. The molecule has 4 heteroatoms. The van der Waals surface area contributed by atoms with Crippen LogP contribution in [0.3, 0.4) is 0 Å². The minimum Gasteiger partial charge on any atom is -0.479 e. The molecule has 0 fully saturated rings. The fourth-order valence-corrected chi connectivity index (χ4v) is 1.49. The molecule has 0 spiro atoms. The molecule has 0 aromatic heterocycles. The number of benzene rings is 1. The minimum atomic E-state index is -0.690. The molecule has 94 valence electrons. The van der Waals surface area contributed by atoms with Crippen LogP contribution in [0.25, 0.3) is 0 Å². The van der Waals surface area contributed by atoms with E-state index in [-0.39, 0.29) is 0 Å². The molecule has 17 heavy (non-hydrogen) atoms. The number of carbonyl (C=O) groups is 1. The van der Waals surface area contributed by atoms with Crippen LogP contribution in [-0.2, 0) is 9.53 Å². The normalized spacial score (nSPS) is 13.9. The molecule has 1 rings (SSSR count). The maximum Gasteiger partial charge on any atom is 0.346 e. The van der Waals surface area contributed by atoms with Crippen LogP contribution >= 0.6 is 0 Å². The van der Waals surface area contributed by atoms with Crippen molar-refractivity contribution in [3.63, 3.8) is 0 Å². The van der Waals surface area contributed by atoms with Crippen LogP contribution in [0, 0.1) is 0 Å². The second-order valence-corrected chi connectivity index (χ2v) is 3.75. The maximum atomic E-state index is 11.3. The highest BCUT2D eigenvalue weighted by Crippen LogP contribution is 2.27. The molecule has 1 N–H and O–H groups in total. The number of hydrogen-bond acceptors (Lipinski definition) is 4. The van der Waals surface area contributed by atoms with Crippen molar-refractivity contribution >= 4 is 5.97 Å². The van der Waals surface area contributed by atoms with E-state index in [1.54, 1.807) is 25.1 Å². The molecule has 0 aliphatic heterocycles. The first kappa shape index (κ1) is 13.5. The highest BCUT2D eigenvalue weighted by molar-refractivity contribution is 5.74. The van der Waals surface area contributed by atoms with Crippen LogP contribution in [0.5, 0.6) is 5.75 Å². The van der Waals surface area contributed by atoms with E-state index in [4.69, 9.17) is 4.74 Å². The Hall–Kier alpha value is -1.55. The maximum absolute atomic E-state index is 11.3. The second-order valence-electron chi connectivity index (χ2n) is 3.75. The molecular weight excluding hydrogens is 220 g/mol. The monoisotopic (exact) mass is 238 g/mol. The Kier molecular flexibility index (Phi) is 4.97. The zero-order valence-corrected chi connectivity index (χ0v) is 10.3. The third-order valence-corrected chi connectivity index (χ3v) is 2.50. The van der Waals surface area contributed by atoms with E-state index in [0.717, 1.165) is 0 Å². The highest BCUT2D eigenvalue weighted by atomic mass is 16.6. The third-order valence-electron chi connectivity index (χ3n) is 2.50. The SMILES string of the molecule is CC[C@@H](O)c1ccccc1OC(C)C(=O)OC. The molecule has 0 saturated heterocycles. The minimum absolute atomic E-state index is 0.439. The lowest BCUT2D eigenvalue weighted by molar-refractivity contribution is -0.148. The van der Waals surface area contributed by atoms with Crippen molar-refractivity contribution in [2.24, 2.45) is 0 Å². The standard InChI is InChI=1S/C13H18O4/c1-4-11(14)10-7-5-6-8-12(10)17-9(2)13(15)16-3/h5-9,11,14H,4H2,1-3H3/t9?,11-/m1/s1. The van der Waals surface area contributed by atoms with Crippen molar-refractivity contribution in [1.82, 2.24) is 0 Å². The second kappa shape index (κ2) is 6.25. The van der Waals surface area contributed by atoms with Gasteiger partial charge in [0.15, 0.2) is 6.10 Å². The van der Waals surface area contributed by atoms with Crippen LogP contribution in [-0.4, -0.2) is 24.3 Å². The van der Waals surface area contributed by atoms with Gasteiger partial charge in [-0.2, -0.15) is 0 Å². The third kappa shape index (κ3) is 3.46. The number of ether oxygens (including phenoxy) is 2. The summed E-state index contributed by atoms with van der Waals surface area (Å²) in [6.45, 7) is 3.49. The summed E-state index contributed by atoms with van der Waals surface area (Å²) < 4.78 is 10.1. The van der Waals surface area contributed by atoms with Crippen LogP contribution in [0.2, 0.25) is 0 Å². The number of para-hydroxylation sites is 1. The Bertz CT molecular complexity index is 375. The van der Waals surface area contributed by atoms with Gasteiger partial charge in [-0.3, -0.25) is 0 Å². The smallest absolute Gasteiger partial charge is 0.346 e. The average molecular weight is 238 g/mol.